The first kappa shape index (κ1) is 17.1. The average molecular weight is 363 g/mol. The monoisotopic (exact) mass is 363 g/mol. The van der Waals surface area contributed by atoms with E-state index in [1.807, 2.05) is 18.2 Å². The molecule has 2 heterocycles. The van der Waals surface area contributed by atoms with Crippen LogP contribution in [-0.4, -0.2) is 28.5 Å². The first-order valence-electron chi connectivity index (χ1n) is 8.74. The molecule has 0 spiro atoms. The van der Waals surface area contributed by atoms with Crippen LogP contribution in [0.5, 0.6) is 5.75 Å². The lowest BCUT2D eigenvalue weighted by Crippen LogP contribution is -2.35. The van der Waals surface area contributed by atoms with Crippen LogP contribution >= 0.6 is 0 Å². The van der Waals surface area contributed by atoms with E-state index in [0.717, 1.165) is 22.6 Å². The highest BCUT2D eigenvalue weighted by Gasteiger charge is 2.23. The topological polar surface area (TPSA) is 64.1 Å². The molecule has 1 aromatic heterocycles. The van der Waals surface area contributed by atoms with Gasteiger partial charge in [-0.2, -0.15) is 0 Å². The number of aromatic nitrogens is 2. The molecule has 0 unspecified atom stereocenters. The number of benzene rings is 2. The van der Waals surface area contributed by atoms with E-state index in [2.05, 4.69) is 15.3 Å². The average Bonchev–Trinajstić information content (AvgIpc) is 3.09. The van der Waals surface area contributed by atoms with E-state index in [4.69, 9.17) is 4.74 Å². The number of amides is 1. The van der Waals surface area contributed by atoms with Crippen LogP contribution in [0.2, 0.25) is 0 Å². The van der Waals surface area contributed by atoms with Crippen molar-refractivity contribution in [1.29, 1.82) is 0 Å². The summed E-state index contributed by atoms with van der Waals surface area (Å²) in [4.78, 5) is 20.5. The quantitative estimate of drug-likeness (QED) is 0.757. The zero-order chi connectivity index (χ0) is 18.6. The van der Waals surface area contributed by atoms with E-state index in [9.17, 15) is 9.18 Å². The predicted molar refractivity (Wildman–Crippen MR) is 98.7 cm³/mol. The molecule has 0 radical (unpaired) electrons. The van der Waals surface area contributed by atoms with Crippen LogP contribution in [-0.2, 0) is 17.6 Å². The summed E-state index contributed by atoms with van der Waals surface area (Å²) in [7, 11) is 0. The summed E-state index contributed by atoms with van der Waals surface area (Å²) in [5, 5.41) is 2.86. The summed E-state index contributed by atoms with van der Waals surface area (Å²) >= 11 is 0. The fourth-order valence-electron chi connectivity index (χ4n) is 3.16. The third-order valence-electron chi connectivity index (χ3n) is 4.44. The number of hydrogen-bond donors (Lipinski definition) is 1. The molecule has 136 valence electrons. The largest absolute Gasteiger partial charge is 0.488 e. The normalized spacial score (nSPS) is 15.1. The third kappa shape index (κ3) is 4.11. The number of ether oxygens (including phenoxy) is 1. The zero-order valence-corrected chi connectivity index (χ0v) is 14.6. The van der Waals surface area contributed by atoms with Crippen LogP contribution in [0.3, 0.4) is 0 Å². The first-order valence-corrected chi connectivity index (χ1v) is 8.74. The second-order valence-corrected chi connectivity index (χ2v) is 6.47. The Morgan fingerprint density at radius 1 is 1.22 bits per heavy atom. The van der Waals surface area contributed by atoms with Crippen molar-refractivity contribution in [3.05, 3.63) is 78.0 Å². The fraction of sp³-hybridized carbons (Fsp3) is 0.190. The van der Waals surface area contributed by atoms with Gasteiger partial charge in [0.2, 0.25) is 5.91 Å². The Kier molecular flexibility index (Phi) is 4.78. The van der Waals surface area contributed by atoms with E-state index in [1.54, 1.807) is 30.7 Å². The lowest BCUT2D eigenvalue weighted by atomic mass is 10.0. The summed E-state index contributed by atoms with van der Waals surface area (Å²) in [6.07, 6.45) is 5.77. The van der Waals surface area contributed by atoms with Crippen LogP contribution in [0.25, 0.3) is 11.3 Å². The van der Waals surface area contributed by atoms with Gasteiger partial charge in [0.25, 0.3) is 0 Å². The van der Waals surface area contributed by atoms with Crippen LogP contribution < -0.4 is 10.1 Å². The van der Waals surface area contributed by atoms with Gasteiger partial charge in [-0.15, -0.1) is 0 Å². The predicted octanol–water partition coefficient (Wildman–Crippen LogP) is 2.95. The number of nitrogens with one attached hydrogen (secondary N) is 1. The van der Waals surface area contributed by atoms with Gasteiger partial charge in [-0.05, 0) is 41.5 Å². The van der Waals surface area contributed by atoms with Gasteiger partial charge in [0.15, 0.2) is 0 Å². The molecule has 1 N–H and O–H groups in total. The Morgan fingerprint density at radius 2 is 2.15 bits per heavy atom. The third-order valence-corrected chi connectivity index (χ3v) is 4.44. The molecule has 1 aliphatic rings. The van der Waals surface area contributed by atoms with Crippen molar-refractivity contribution in [3.63, 3.8) is 0 Å². The second-order valence-electron chi connectivity index (χ2n) is 6.47. The Labute approximate surface area is 156 Å². The number of rotatable bonds is 5. The molecule has 0 bridgehead atoms. The van der Waals surface area contributed by atoms with Gasteiger partial charge in [-0.25, -0.2) is 4.39 Å². The van der Waals surface area contributed by atoms with Crippen molar-refractivity contribution in [2.75, 3.05) is 6.54 Å². The van der Waals surface area contributed by atoms with Crippen LogP contribution in [0, 0.1) is 5.82 Å². The van der Waals surface area contributed by atoms with Gasteiger partial charge in [0, 0.05) is 24.4 Å². The highest BCUT2D eigenvalue weighted by Crippen LogP contribution is 2.32. The fourth-order valence-corrected chi connectivity index (χ4v) is 3.16. The number of fused-ring (bicyclic) bond motifs is 1. The minimum Gasteiger partial charge on any atom is -0.488 e. The van der Waals surface area contributed by atoms with Crippen LogP contribution in [0.1, 0.15) is 11.1 Å². The van der Waals surface area contributed by atoms with Crippen molar-refractivity contribution in [2.45, 2.75) is 18.9 Å². The zero-order valence-electron chi connectivity index (χ0n) is 14.6. The lowest BCUT2D eigenvalue weighted by molar-refractivity contribution is -0.120. The first-order chi connectivity index (χ1) is 13.2. The lowest BCUT2D eigenvalue weighted by Gasteiger charge is -2.12. The molecular formula is C21H18FN3O2. The van der Waals surface area contributed by atoms with E-state index < -0.39 is 0 Å². The number of carbonyl (C=O) groups excluding carboxylic acids is 1. The van der Waals surface area contributed by atoms with Crippen molar-refractivity contribution < 1.29 is 13.9 Å². The van der Waals surface area contributed by atoms with Crippen LogP contribution in [0.4, 0.5) is 4.39 Å². The summed E-state index contributed by atoms with van der Waals surface area (Å²) < 4.78 is 19.1. The maximum atomic E-state index is 13.2. The maximum Gasteiger partial charge on any atom is 0.224 e. The van der Waals surface area contributed by atoms with Gasteiger partial charge in [-0.1, -0.05) is 12.1 Å². The molecular weight excluding hydrogens is 345 g/mol. The van der Waals surface area contributed by atoms with Crippen molar-refractivity contribution in [1.82, 2.24) is 15.3 Å². The van der Waals surface area contributed by atoms with E-state index in [0.29, 0.717) is 18.5 Å². The molecule has 0 saturated heterocycles. The van der Waals surface area contributed by atoms with E-state index in [-0.39, 0.29) is 24.2 Å². The molecule has 5 nitrogen and oxygen atoms in total. The molecule has 0 saturated carbocycles. The number of carbonyl (C=O) groups is 1. The van der Waals surface area contributed by atoms with Gasteiger partial charge >= 0.3 is 0 Å². The van der Waals surface area contributed by atoms with Gasteiger partial charge in [0.1, 0.15) is 17.7 Å². The molecule has 1 amide bonds. The Balaban J connectivity index is 1.34. The Bertz CT molecular complexity index is 963. The smallest absolute Gasteiger partial charge is 0.224 e. The highest BCUT2D eigenvalue weighted by molar-refractivity contribution is 5.78. The minimum absolute atomic E-state index is 0.117. The second kappa shape index (κ2) is 7.53. The summed E-state index contributed by atoms with van der Waals surface area (Å²) in [5.74, 6) is 0.334. The Hall–Kier alpha value is -3.28. The number of nitrogens with zero attached hydrogens (tertiary/aromatic N) is 2. The maximum absolute atomic E-state index is 13.2. The van der Waals surface area contributed by atoms with E-state index in [1.165, 1.54) is 12.1 Å². The molecule has 0 aliphatic carbocycles. The number of halogens is 1. The molecule has 2 aromatic carbocycles. The standard InChI is InChI=1S/C21H18FN3O2/c22-17-3-1-2-14(8-17)9-21(26)25-12-18-11-16-10-15(4-5-20(16)27-18)19-13-23-6-7-24-19/h1-8,10,13,18H,9,11-12H2,(H,25,26)/t18-/m1/s1. The van der Waals surface area contributed by atoms with Crippen molar-refractivity contribution in [2.24, 2.45) is 0 Å². The SMILES string of the molecule is O=C(Cc1cccc(F)c1)NC[C@H]1Cc2cc(-c3cnccn3)ccc2O1. The Morgan fingerprint density at radius 3 is 2.96 bits per heavy atom. The summed E-state index contributed by atoms with van der Waals surface area (Å²) in [6.45, 7) is 0.406. The molecule has 1 atom stereocenters. The van der Waals surface area contributed by atoms with Crippen LogP contribution in [0.15, 0.2) is 61.1 Å². The molecule has 4 rings (SSSR count). The summed E-state index contributed by atoms with van der Waals surface area (Å²) in [6, 6.07) is 12.0. The molecule has 1 aliphatic heterocycles. The van der Waals surface area contributed by atoms with Gasteiger partial charge in [-0.3, -0.25) is 14.8 Å². The van der Waals surface area contributed by atoms with E-state index >= 15 is 0 Å². The minimum atomic E-state index is -0.339. The van der Waals surface area contributed by atoms with Crippen molar-refractivity contribution in [3.8, 4) is 17.0 Å². The number of hydrogen-bond acceptors (Lipinski definition) is 4. The van der Waals surface area contributed by atoms with Gasteiger partial charge < -0.3 is 10.1 Å². The van der Waals surface area contributed by atoms with Gasteiger partial charge in [0.05, 0.1) is 24.9 Å². The molecule has 27 heavy (non-hydrogen) atoms. The van der Waals surface area contributed by atoms with Crippen molar-refractivity contribution >= 4 is 5.91 Å². The molecule has 0 fully saturated rings. The highest BCUT2D eigenvalue weighted by atomic mass is 19.1. The molecule has 6 heteroatoms. The molecule has 3 aromatic rings. The summed E-state index contributed by atoms with van der Waals surface area (Å²) in [5.41, 5.74) is 3.53.